The number of hydrogen-bond acceptors (Lipinski definition) is 2. The first kappa shape index (κ1) is 9.86. The molecule has 0 aliphatic heterocycles. The number of aromatic nitrogens is 1. The fourth-order valence-corrected chi connectivity index (χ4v) is 0.987. The maximum atomic E-state index is 12.7. The van der Waals surface area contributed by atoms with Crippen molar-refractivity contribution in [3.8, 4) is 0 Å². The van der Waals surface area contributed by atoms with E-state index in [1.54, 1.807) is 13.0 Å². The van der Waals surface area contributed by atoms with E-state index in [0.29, 0.717) is 12.1 Å². The molecule has 0 spiro atoms. The predicted octanol–water partition coefficient (Wildman–Crippen LogP) is 1.89. The molecule has 13 heavy (non-hydrogen) atoms. The van der Waals surface area contributed by atoms with Gasteiger partial charge in [-0.15, -0.1) is 0 Å². The molecule has 0 radical (unpaired) electrons. The van der Waals surface area contributed by atoms with Crippen molar-refractivity contribution < 1.29 is 4.39 Å². The number of pyridine rings is 1. The zero-order chi connectivity index (χ0) is 9.68. The first-order valence-corrected chi connectivity index (χ1v) is 4.23. The van der Waals surface area contributed by atoms with Gasteiger partial charge in [-0.1, -0.05) is 12.2 Å². The summed E-state index contributed by atoms with van der Waals surface area (Å²) in [5.74, 6) is -0.407. The van der Waals surface area contributed by atoms with Gasteiger partial charge in [0, 0.05) is 11.8 Å². The maximum absolute atomic E-state index is 12.7. The monoisotopic (exact) mass is 180 g/mol. The van der Waals surface area contributed by atoms with Crippen LogP contribution in [-0.2, 0) is 0 Å². The average molecular weight is 180 g/mol. The van der Waals surface area contributed by atoms with Crippen molar-refractivity contribution in [2.75, 3.05) is 6.54 Å². The van der Waals surface area contributed by atoms with Crippen LogP contribution in [0, 0.1) is 12.9 Å². The van der Waals surface area contributed by atoms with Crippen molar-refractivity contribution in [1.29, 1.82) is 0 Å². The summed E-state index contributed by atoms with van der Waals surface area (Å²) in [6.07, 6.45) is 6.19. The van der Waals surface area contributed by atoms with Gasteiger partial charge in [-0.3, -0.25) is 0 Å². The van der Waals surface area contributed by atoms with Crippen LogP contribution in [-0.4, -0.2) is 11.5 Å². The first-order chi connectivity index (χ1) is 6.24. The van der Waals surface area contributed by atoms with E-state index in [9.17, 15) is 4.39 Å². The third kappa shape index (κ3) is 2.95. The maximum Gasteiger partial charge on any atom is 0.215 e. The summed E-state index contributed by atoms with van der Waals surface area (Å²) < 4.78 is 12.7. The first-order valence-electron chi connectivity index (χ1n) is 4.23. The fourth-order valence-electron chi connectivity index (χ4n) is 0.987. The van der Waals surface area contributed by atoms with E-state index in [1.807, 2.05) is 12.2 Å². The van der Waals surface area contributed by atoms with Gasteiger partial charge in [0.25, 0.3) is 0 Å². The van der Waals surface area contributed by atoms with Crippen LogP contribution in [0.15, 0.2) is 18.3 Å². The Hall–Kier alpha value is -1.22. The molecular formula is C10H13FN2. The Bertz CT molecular complexity index is 308. The number of rotatable bonds is 3. The summed E-state index contributed by atoms with van der Waals surface area (Å²) >= 11 is 0. The number of nitrogens with zero attached hydrogens (tertiary/aromatic N) is 1. The van der Waals surface area contributed by atoms with Crippen molar-refractivity contribution in [3.63, 3.8) is 0 Å². The molecule has 0 unspecified atom stereocenters. The van der Waals surface area contributed by atoms with Gasteiger partial charge in [0.2, 0.25) is 5.95 Å². The van der Waals surface area contributed by atoms with Crippen molar-refractivity contribution in [3.05, 3.63) is 35.4 Å². The summed E-state index contributed by atoms with van der Waals surface area (Å²) in [6, 6.07) is 1.76. The summed E-state index contributed by atoms with van der Waals surface area (Å²) in [5, 5.41) is 0. The Morgan fingerprint density at radius 1 is 1.62 bits per heavy atom. The molecule has 1 aromatic rings. The topological polar surface area (TPSA) is 38.9 Å². The van der Waals surface area contributed by atoms with E-state index in [0.717, 1.165) is 12.0 Å². The molecule has 2 nitrogen and oxygen atoms in total. The molecule has 0 aliphatic rings. The third-order valence-corrected chi connectivity index (χ3v) is 1.68. The van der Waals surface area contributed by atoms with Crippen LogP contribution in [0.1, 0.15) is 17.5 Å². The van der Waals surface area contributed by atoms with E-state index in [1.165, 1.54) is 6.20 Å². The van der Waals surface area contributed by atoms with Gasteiger partial charge in [-0.2, -0.15) is 4.39 Å². The minimum Gasteiger partial charge on any atom is -0.330 e. The Balaban J connectivity index is 2.73. The summed E-state index contributed by atoms with van der Waals surface area (Å²) in [6.45, 7) is 2.33. The van der Waals surface area contributed by atoms with Gasteiger partial charge >= 0.3 is 0 Å². The largest absolute Gasteiger partial charge is 0.330 e. The summed E-state index contributed by atoms with van der Waals surface area (Å²) in [7, 11) is 0. The van der Waals surface area contributed by atoms with Crippen LogP contribution in [0.25, 0.3) is 6.08 Å². The van der Waals surface area contributed by atoms with Crippen LogP contribution >= 0.6 is 0 Å². The van der Waals surface area contributed by atoms with E-state index < -0.39 is 5.95 Å². The lowest BCUT2D eigenvalue weighted by Crippen LogP contribution is -1.95. The molecule has 0 bridgehead atoms. The van der Waals surface area contributed by atoms with Crippen molar-refractivity contribution in [2.24, 2.45) is 5.73 Å². The fraction of sp³-hybridized carbons (Fsp3) is 0.300. The molecule has 0 saturated heterocycles. The molecule has 1 aromatic heterocycles. The second-order valence-electron chi connectivity index (χ2n) is 2.86. The number of hydrogen-bond donors (Lipinski definition) is 1. The minimum absolute atomic E-state index is 0.407. The van der Waals surface area contributed by atoms with Gasteiger partial charge in [0.05, 0.1) is 0 Å². The van der Waals surface area contributed by atoms with Gasteiger partial charge in [0.15, 0.2) is 0 Å². The molecule has 0 aromatic carbocycles. The quantitative estimate of drug-likeness (QED) is 0.721. The molecule has 70 valence electrons. The molecule has 0 fully saturated rings. The summed E-state index contributed by atoms with van der Waals surface area (Å²) in [5.41, 5.74) is 6.79. The zero-order valence-electron chi connectivity index (χ0n) is 7.63. The molecule has 1 rings (SSSR count). The minimum atomic E-state index is -0.407. The molecule has 3 heteroatoms. The molecule has 1 heterocycles. The number of halogens is 1. The highest BCUT2D eigenvalue weighted by molar-refractivity contribution is 5.48. The van der Waals surface area contributed by atoms with Crippen molar-refractivity contribution in [1.82, 2.24) is 4.98 Å². The number of nitrogens with two attached hydrogens (primary N) is 1. The van der Waals surface area contributed by atoms with E-state index >= 15 is 0 Å². The van der Waals surface area contributed by atoms with Crippen LogP contribution < -0.4 is 5.73 Å². The average Bonchev–Trinajstić information content (AvgIpc) is 2.12. The van der Waals surface area contributed by atoms with Crippen LogP contribution in [0.5, 0.6) is 0 Å². The van der Waals surface area contributed by atoms with Crippen LogP contribution in [0.3, 0.4) is 0 Å². The Morgan fingerprint density at radius 2 is 2.38 bits per heavy atom. The highest BCUT2D eigenvalue weighted by atomic mass is 19.1. The lowest BCUT2D eigenvalue weighted by atomic mass is 10.2. The smallest absolute Gasteiger partial charge is 0.215 e. The van der Waals surface area contributed by atoms with Crippen LogP contribution in [0.4, 0.5) is 4.39 Å². The molecule has 2 N–H and O–H groups in total. The molecule has 0 atom stereocenters. The lowest BCUT2D eigenvalue weighted by Gasteiger charge is -1.96. The highest BCUT2D eigenvalue weighted by Gasteiger charge is 1.96. The Morgan fingerprint density at radius 3 is 3.00 bits per heavy atom. The van der Waals surface area contributed by atoms with Gasteiger partial charge in [0.1, 0.15) is 0 Å². The second-order valence-corrected chi connectivity index (χ2v) is 2.86. The molecular weight excluding hydrogens is 167 g/mol. The molecule has 0 amide bonds. The van der Waals surface area contributed by atoms with E-state index in [-0.39, 0.29) is 0 Å². The predicted molar refractivity (Wildman–Crippen MR) is 51.6 cm³/mol. The third-order valence-electron chi connectivity index (χ3n) is 1.68. The highest BCUT2D eigenvalue weighted by Crippen LogP contribution is 2.07. The zero-order valence-corrected chi connectivity index (χ0v) is 7.63. The SMILES string of the molecule is Cc1cc(C=CCCN)cnc1F. The van der Waals surface area contributed by atoms with Gasteiger partial charge in [-0.25, -0.2) is 4.98 Å². The van der Waals surface area contributed by atoms with Gasteiger partial charge < -0.3 is 5.73 Å². The lowest BCUT2D eigenvalue weighted by molar-refractivity contribution is 0.574. The molecule has 0 aliphatic carbocycles. The number of aryl methyl sites for hydroxylation is 1. The van der Waals surface area contributed by atoms with E-state index in [2.05, 4.69) is 4.98 Å². The second kappa shape index (κ2) is 4.72. The molecule has 0 saturated carbocycles. The van der Waals surface area contributed by atoms with Crippen molar-refractivity contribution >= 4 is 6.08 Å². The van der Waals surface area contributed by atoms with E-state index in [4.69, 9.17) is 5.73 Å². The standard InChI is InChI=1S/C10H13FN2/c1-8-6-9(4-2-3-5-12)7-13-10(8)11/h2,4,6-7H,3,5,12H2,1H3. The normalized spacial score (nSPS) is 11.0. The Kier molecular flexibility index (Phi) is 3.58. The Labute approximate surface area is 77.3 Å². The van der Waals surface area contributed by atoms with Crippen LogP contribution in [0.2, 0.25) is 0 Å². The van der Waals surface area contributed by atoms with Gasteiger partial charge in [-0.05, 0) is 31.5 Å². The summed E-state index contributed by atoms with van der Waals surface area (Å²) in [4.78, 5) is 3.61. The van der Waals surface area contributed by atoms with Crippen molar-refractivity contribution in [2.45, 2.75) is 13.3 Å².